The van der Waals surface area contributed by atoms with E-state index in [1.54, 1.807) is 11.8 Å². The van der Waals surface area contributed by atoms with E-state index < -0.39 is 0 Å². The molecule has 0 radical (unpaired) electrons. The fourth-order valence-electron chi connectivity index (χ4n) is 5.39. The minimum Gasteiger partial charge on any atom is -0.383 e. The summed E-state index contributed by atoms with van der Waals surface area (Å²) in [5.41, 5.74) is 5.35. The molecule has 1 saturated carbocycles. The van der Waals surface area contributed by atoms with Crippen molar-refractivity contribution in [2.45, 2.75) is 51.5 Å². The summed E-state index contributed by atoms with van der Waals surface area (Å²) in [6, 6.07) is 4.48. The minimum atomic E-state index is 0.475. The molecule has 8 heteroatoms. The molecule has 3 heterocycles. The lowest BCUT2D eigenvalue weighted by atomic mass is 9.87. The molecular formula is C28H38N6OS. The van der Waals surface area contributed by atoms with E-state index in [2.05, 4.69) is 52.5 Å². The van der Waals surface area contributed by atoms with Gasteiger partial charge in [0.15, 0.2) is 6.29 Å². The van der Waals surface area contributed by atoms with Gasteiger partial charge >= 0.3 is 0 Å². The number of carbonyl (C=O) groups is 1. The van der Waals surface area contributed by atoms with Crippen molar-refractivity contribution in [3.8, 4) is 6.07 Å². The van der Waals surface area contributed by atoms with Gasteiger partial charge in [-0.15, -0.1) is 0 Å². The summed E-state index contributed by atoms with van der Waals surface area (Å²) >= 11 is 1.77. The van der Waals surface area contributed by atoms with E-state index in [-0.39, 0.29) is 0 Å². The van der Waals surface area contributed by atoms with Gasteiger partial charge in [-0.1, -0.05) is 25.8 Å². The predicted molar refractivity (Wildman–Crippen MR) is 148 cm³/mol. The van der Waals surface area contributed by atoms with Gasteiger partial charge in [-0.3, -0.25) is 4.79 Å². The summed E-state index contributed by atoms with van der Waals surface area (Å²) in [7, 11) is 2.08. The number of hydrogen-bond donors (Lipinski definition) is 2. The van der Waals surface area contributed by atoms with E-state index in [0.717, 1.165) is 66.4 Å². The van der Waals surface area contributed by atoms with Crippen molar-refractivity contribution in [2.75, 3.05) is 43.6 Å². The van der Waals surface area contributed by atoms with Crippen LogP contribution in [0.3, 0.4) is 0 Å². The van der Waals surface area contributed by atoms with Gasteiger partial charge in [-0.05, 0) is 49.5 Å². The van der Waals surface area contributed by atoms with Crippen LogP contribution in [-0.4, -0.2) is 54.9 Å². The highest BCUT2D eigenvalue weighted by molar-refractivity contribution is 7.98. The number of hydrogen-bond acceptors (Lipinski definition) is 8. The van der Waals surface area contributed by atoms with E-state index in [1.165, 1.54) is 37.8 Å². The number of fused-ring (bicyclic) bond motifs is 1. The molecular weight excluding hydrogens is 468 g/mol. The van der Waals surface area contributed by atoms with Gasteiger partial charge in [-0.25, -0.2) is 4.98 Å². The molecule has 0 bridgehead atoms. The molecule has 0 saturated heterocycles. The van der Waals surface area contributed by atoms with Crippen LogP contribution in [-0.2, 0) is 13.0 Å². The minimum absolute atomic E-state index is 0.475. The number of nitrogens with one attached hydrogen (secondary N) is 2. The standard InChI is InChI=1S/C28H38N6OS/c1-20(21-8-5-4-6-9-21)33(2)18-23-14-22-10-7-12-34(28(22)32-26(23)19-35)27-15-25(30-11-13-36-3)24(16-29)17-31-27/h14-15,19,21,30-31H,1,4-13,17-18H2,2-3H3. The number of dihydropyridines is 1. The molecule has 0 amide bonds. The van der Waals surface area contributed by atoms with Crippen LogP contribution in [0.25, 0.3) is 0 Å². The van der Waals surface area contributed by atoms with Crippen molar-refractivity contribution in [3.63, 3.8) is 0 Å². The summed E-state index contributed by atoms with van der Waals surface area (Å²) in [5, 5.41) is 16.4. The van der Waals surface area contributed by atoms with Crippen molar-refractivity contribution < 1.29 is 4.79 Å². The van der Waals surface area contributed by atoms with E-state index in [4.69, 9.17) is 4.98 Å². The van der Waals surface area contributed by atoms with Gasteiger partial charge in [0.25, 0.3) is 0 Å². The average molecular weight is 507 g/mol. The van der Waals surface area contributed by atoms with Gasteiger partial charge in [0.05, 0.1) is 23.9 Å². The van der Waals surface area contributed by atoms with Crippen LogP contribution in [0, 0.1) is 17.2 Å². The van der Waals surface area contributed by atoms with Crippen molar-refractivity contribution >= 4 is 23.9 Å². The Kier molecular flexibility index (Phi) is 8.98. The third kappa shape index (κ3) is 5.89. The maximum Gasteiger partial charge on any atom is 0.168 e. The quantitative estimate of drug-likeness (QED) is 0.358. The lowest BCUT2D eigenvalue weighted by Crippen LogP contribution is -2.40. The summed E-state index contributed by atoms with van der Waals surface area (Å²) in [5.74, 6) is 3.27. The third-order valence-electron chi connectivity index (χ3n) is 7.46. The molecule has 192 valence electrons. The van der Waals surface area contributed by atoms with Crippen LogP contribution in [0.4, 0.5) is 5.82 Å². The number of carbonyl (C=O) groups excluding carboxylic acids is 1. The molecule has 2 N–H and O–H groups in total. The number of aromatic nitrogens is 1. The lowest BCUT2D eigenvalue weighted by Gasteiger charge is -2.35. The number of rotatable bonds is 10. The molecule has 1 fully saturated rings. The third-order valence-corrected chi connectivity index (χ3v) is 8.07. The molecule has 0 aromatic carbocycles. The second-order valence-electron chi connectivity index (χ2n) is 9.88. The van der Waals surface area contributed by atoms with Crippen LogP contribution in [0.15, 0.2) is 41.5 Å². The first-order valence-corrected chi connectivity index (χ1v) is 14.4. The molecule has 1 aliphatic carbocycles. The monoisotopic (exact) mass is 506 g/mol. The van der Waals surface area contributed by atoms with Gasteiger partial charge in [0.2, 0.25) is 0 Å². The largest absolute Gasteiger partial charge is 0.383 e. The summed E-state index contributed by atoms with van der Waals surface area (Å²) in [6.07, 6.45) is 13.2. The Labute approximate surface area is 219 Å². The van der Waals surface area contributed by atoms with Gasteiger partial charge in [-0.2, -0.15) is 17.0 Å². The Hall–Kier alpha value is -2.92. The predicted octanol–water partition coefficient (Wildman–Crippen LogP) is 4.35. The van der Waals surface area contributed by atoms with E-state index in [1.807, 2.05) is 6.08 Å². The molecule has 2 aliphatic heterocycles. The van der Waals surface area contributed by atoms with Crippen LogP contribution in [0.1, 0.15) is 60.1 Å². The zero-order chi connectivity index (χ0) is 25.5. The van der Waals surface area contributed by atoms with E-state index in [0.29, 0.717) is 30.3 Å². The molecule has 3 aliphatic rings. The zero-order valence-corrected chi connectivity index (χ0v) is 22.4. The van der Waals surface area contributed by atoms with Gasteiger partial charge in [0.1, 0.15) is 17.3 Å². The molecule has 0 atom stereocenters. The SMILES string of the molecule is C=C(C1CCCCC1)N(C)Cc1cc2c(nc1C=O)N(C1=CC(NCCSC)=C(C#N)CN1)CCC2. The summed E-state index contributed by atoms with van der Waals surface area (Å²) in [6.45, 7) is 7.13. The lowest BCUT2D eigenvalue weighted by molar-refractivity contribution is 0.111. The number of allylic oxidation sites excluding steroid dienone is 2. The number of thioether (sulfide) groups is 1. The van der Waals surface area contributed by atoms with Crippen LogP contribution < -0.4 is 15.5 Å². The average Bonchev–Trinajstić information content (AvgIpc) is 2.92. The Morgan fingerprint density at radius 1 is 1.39 bits per heavy atom. The fraction of sp³-hybridized carbons (Fsp3) is 0.536. The Bertz CT molecular complexity index is 1080. The first-order chi connectivity index (χ1) is 17.5. The zero-order valence-electron chi connectivity index (χ0n) is 21.6. The number of nitriles is 1. The molecule has 4 rings (SSSR count). The van der Waals surface area contributed by atoms with Crippen molar-refractivity contribution in [3.05, 3.63) is 58.3 Å². The number of nitrogens with zero attached hydrogens (tertiary/aromatic N) is 4. The van der Waals surface area contributed by atoms with Crippen LogP contribution in [0.5, 0.6) is 0 Å². The maximum atomic E-state index is 12.1. The second kappa shape index (κ2) is 12.4. The molecule has 1 aromatic heterocycles. The number of aryl methyl sites for hydroxylation is 1. The van der Waals surface area contributed by atoms with Crippen molar-refractivity contribution in [1.29, 1.82) is 5.26 Å². The molecule has 0 unspecified atom stereocenters. The molecule has 0 spiro atoms. The maximum absolute atomic E-state index is 12.1. The first-order valence-electron chi connectivity index (χ1n) is 13.0. The van der Waals surface area contributed by atoms with E-state index in [9.17, 15) is 10.1 Å². The molecule has 7 nitrogen and oxygen atoms in total. The van der Waals surface area contributed by atoms with Gasteiger partial charge < -0.3 is 20.4 Å². The molecule has 1 aromatic rings. The highest BCUT2D eigenvalue weighted by Crippen LogP contribution is 2.33. The van der Waals surface area contributed by atoms with Crippen molar-refractivity contribution in [2.24, 2.45) is 5.92 Å². The Morgan fingerprint density at radius 2 is 2.19 bits per heavy atom. The number of pyridine rings is 1. The van der Waals surface area contributed by atoms with Crippen LogP contribution >= 0.6 is 11.8 Å². The van der Waals surface area contributed by atoms with Crippen LogP contribution in [0.2, 0.25) is 0 Å². The Balaban J connectivity index is 1.57. The first kappa shape index (κ1) is 26.2. The number of aldehydes is 1. The summed E-state index contributed by atoms with van der Waals surface area (Å²) < 4.78 is 0. The highest BCUT2D eigenvalue weighted by Gasteiger charge is 2.27. The van der Waals surface area contributed by atoms with Gasteiger partial charge in [0, 0.05) is 49.8 Å². The summed E-state index contributed by atoms with van der Waals surface area (Å²) in [4.78, 5) is 21.4. The fourth-order valence-corrected chi connectivity index (χ4v) is 5.70. The second-order valence-corrected chi connectivity index (χ2v) is 10.9. The van der Waals surface area contributed by atoms with E-state index >= 15 is 0 Å². The normalized spacial score (nSPS) is 18.0. The smallest absolute Gasteiger partial charge is 0.168 e. The highest BCUT2D eigenvalue weighted by atomic mass is 32.2. The Morgan fingerprint density at radius 3 is 2.92 bits per heavy atom. The topological polar surface area (TPSA) is 84.3 Å². The molecule has 36 heavy (non-hydrogen) atoms. The number of anilines is 1. The van der Waals surface area contributed by atoms with Crippen molar-refractivity contribution in [1.82, 2.24) is 20.5 Å².